The zero-order valence-corrected chi connectivity index (χ0v) is 10.4. The molecule has 0 radical (unpaired) electrons. The lowest BCUT2D eigenvalue weighted by Gasteiger charge is -2.23. The number of hydrogen-bond acceptors (Lipinski definition) is 3. The normalized spacial score (nSPS) is 25.9. The van der Waals surface area contributed by atoms with E-state index in [1.165, 1.54) is 32.1 Å². The number of unbranched alkanes of at least 4 members (excludes halogenated alkanes) is 1. The van der Waals surface area contributed by atoms with Gasteiger partial charge in [-0.25, -0.2) is 0 Å². The van der Waals surface area contributed by atoms with Gasteiger partial charge in [0, 0.05) is 12.3 Å². The van der Waals surface area contributed by atoms with Gasteiger partial charge in [0.25, 0.3) is 0 Å². The first-order chi connectivity index (χ1) is 7.79. The number of nitrogens with zero attached hydrogens (tertiary/aromatic N) is 2. The lowest BCUT2D eigenvalue weighted by Crippen LogP contribution is -2.12. The van der Waals surface area contributed by atoms with Gasteiger partial charge in [-0.1, -0.05) is 38.3 Å². The smallest absolute Gasteiger partial charge is 0.226 e. The zero-order valence-electron chi connectivity index (χ0n) is 10.4. The molecule has 16 heavy (non-hydrogen) atoms. The Bertz CT molecular complexity index is 313. The van der Waals surface area contributed by atoms with E-state index in [2.05, 4.69) is 24.0 Å². The van der Waals surface area contributed by atoms with Crippen molar-refractivity contribution in [1.29, 1.82) is 0 Å². The molecule has 3 nitrogen and oxygen atoms in total. The highest BCUT2D eigenvalue weighted by molar-refractivity contribution is 4.97. The van der Waals surface area contributed by atoms with Crippen LogP contribution in [0.2, 0.25) is 0 Å². The van der Waals surface area contributed by atoms with Crippen LogP contribution in [0.25, 0.3) is 0 Å². The Morgan fingerprint density at radius 2 is 2.00 bits per heavy atom. The Labute approximate surface area is 97.6 Å². The number of aromatic nitrogens is 2. The molecular formula is C13H22N2O. The van der Waals surface area contributed by atoms with Crippen LogP contribution in [0.3, 0.4) is 0 Å². The summed E-state index contributed by atoms with van der Waals surface area (Å²) in [4.78, 5) is 4.52. The molecule has 0 N–H and O–H groups in total. The highest BCUT2D eigenvalue weighted by atomic mass is 16.5. The Hall–Kier alpha value is -0.860. The van der Waals surface area contributed by atoms with Crippen LogP contribution >= 0.6 is 0 Å². The summed E-state index contributed by atoms with van der Waals surface area (Å²) < 4.78 is 5.29. The van der Waals surface area contributed by atoms with Gasteiger partial charge in [0.1, 0.15) is 0 Å². The van der Waals surface area contributed by atoms with Crippen LogP contribution in [-0.2, 0) is 6.42 Å². The zero-order chi connectivity index (χ0) is 11.4. The summed E-state index contributed by atoms with van der Waals surface area (Å²) in [6.07, 6.45) is 8.34. The van der Waals surface area contributed by atoms with E-state index < -0.39 is 0 Å². The van der Waals surface area contributed by atoms with Crippen LogP contribution < -0.4 is 0 Å². The molecule has 0 atom stereocenters. The lowest BCUT2D eigenvalue weighted by atomic mass is 9.83. The van der Waals surface area contributed by atoms with Gasteiger partial charge in [-0.3, -0.25) is 0 Å². The van der Waals surface area contributed by atoms with Crippen LogP contribution in [-0.4, -0.2) is 10.1 Å². The molecule has 3 heteroatoms. The third-order valence-electron chi connectivity index (χ3n) is 3.61. The van der Waals surface area contributed by atoms with Crippen molar-refractivity contribution in [3.63, 3.8) is 0 Å². The SMILES string of the molecule is CCCCc1nc([C@H]2CC[C@H](C)CC2)no1. The van der Waals surface area contributed by atoms with Crippen molar-refractivity contribution in [1.82, 2.24) is 10.1 Å². The fourth-order valence-electron chi connectivity index (χ4n) is 2.38. The molecule has 1 fully saturated rings. The second kappa shape index (κ2) is 5.46. The molecule has 0 saturated heterocycles. The molecule has 0 bridgehead atoms. The first kappa shape index (κ1) is 11.6. The number of hydrogen-bond donors (Lipinski definition) is 0. The van der Waals surface area contributed by atoms with Crippen LogP contribution in [0.5, 0.6) is 0 Å². The van der Waals surface area contributed by atoms with E-state index in [9.17, 15) is 0 Å². The van der Waals surface area contributed by atoms with Gasteiger partial charge >= 0.3 is 0 Å². The Balaban J connectivity index is 1.91. The molecule has 0 aromatic carbocycles. The maximum atomic E-state index is 5.29. The van der Waals surface area contributed by atoms with E-state index in [1.54, 1.807) is 0 Å². The van der Waals surface area contributed by atoms with Gasteiger partial charge in [-0.15, -0.1) is 0 Å². The minimum atomic E-state index is 0.551. The van der Waals surface area contributed by atoms with Crippen LogP contribution in [0.4, 0.5) is 0 Å². The largest absolute Gasteiger partial charge is 0.339 e. The molecular weight excluding hydrogens is 200 g/mol. The minimum absolute atomic E-state index is 0.551. The maximum Gasteiger partial charge on any atom is 0.226 e. The average molecular weight is 222 g/mol. The molecule has 0 spiro atoms. The summed E-state index contributed by atoms with van der Waals surface area (Å²) in [7, 11) is 0. The van der Waals surface area contributed by atoms with E-state index in [0.717, 1.165) is 30.5 Å². The maximum absolute atomic E-state index is 5.29. The molecule has 90 valence electrons. The van der Waals surface area contributed by atoms with Crippen molar-refractivity contribution in [2.45, 2.75) is 64.7 Å². The fourth-order valence-corrected chi connectivity index (χ4v) is 2.38. The van der Waals surface area contributed by atoms with Crippen molar-refractivity contribution in [3.8, 4) is 0 Å². The molecule has 0 amide bonds. The quantitative estimate of drug-likeness (QED) is 0.779. The van der Waals surface area contributed by atoms with E-state index in [0.29, 0.717) is 5.92 Å². The molecule has 2 rings (SSSR count). The second-order valence-electron chi connectivity index (χ2n) is 5.11. The molecule has 1 aliphatic rings. The van der Waals surface area contributed by atoms with Crippen LogP contribution in [0.1, 0.15) is 70.0 Å². The molecule has 0 aliphatic heterocycles. The number of aryl methyl sites for hydroxylation is 1. The Morgan fingerprint density at radius 1 is 1.25 bits per heavy atom. The monoisotopic (exact) mass is 222 g/mol. The highest BCUT2D eigenvalue weighted by Crippen LogP contribution is 2.34. The predicted molar refractivity (Wildman–Crippen MR) is 63.3 cm³/mol. The van der Waals surface area contributed by atoms with Crippen molar-refractivity contribution >= 4 is 0 Å². The minimum Gasteiger partial charge on any atom is -0.339 e. The highest BCUT2D eigenvalue weighted by Gasteiger charge is 2.23. The van der Waals surface area contributed by atoms with E-state index in [-0.39, 0.29) is 0 Å². The molecule has 1 aliphatic carbocycles. The van der Waals surface area contributed by atoms with Gasteiger partial charge in [-0.2, -0.15) is 4.98 Å². The van der Waals surface area contributed by atoms with Gasteiger partial charge < -0.3 is 4.52 Å². The molecule has 1 aromatic rings. The average Bonchev–Trinajstić information content (AvgIpc) is 2.76. The standard InChI is InChI=1S/C13H22N2O/c1-3-4-5-12-14-13(15-16-12)11-8-6-10(2)7-9-11/h10-11H,3-9H2,1-2H3/t10-,11-. The van der Waals surface area contributed by atoms with Gasteiger partial charge in [0.15, 0.2) is 5.82 Å². The molecule has 1 aromatic heterocycles. The van der Waals surface area contributed by atoms with E-state index in [4.69, 9.17) is 4.52 Å². The van der Waals surface area contributed by atoms with Crippen molar-refractivity contribution in [2.24, 2.45) is 5.92 Å². The van der Waals surface area contributed by atoms with E-state index in [1.807, 2.05) is 0 Å². The van der Waals surface area contributed by atoms with Gasteiger partial charge in [0.05, 0.1) is 0 Å². The third kappa shape index (κ3) is 2.83. The second-order valence-corrected chi connectivity index (χ2v) is 5.11. The third-order valence-corrected chi connectivity index (χ3v) is 3.61. The summed E-state index contributed by atoms with van der Waals surface area (Å²) in [5, 5.41) is 4.13. The summed E-state index contributed by atoms with van der Waals surface area (Å²) in [5.74, 6) is 3.21. The van der Waals surface area contributed by atoms with Gasteiger partial charge in [-0.05, 0) is 25.2 Å². The lowest BCUT2D eigenvalue weighted by molar-refractivity contribution is 0.323. The molecule has 0 unspecified atom stereocenters. The van der Waals surface area contributed by atoms with Crippen LogP contribution in [0.15, 0.2) is 4.52 Å². The summed E-state index contributed by atoms with van der Waals surface area (Å²) in [6, 6.07) is 0. The van der Waals surface area contributed by atoms with Crippen molar-refractivity contribution in [3.05, 3.63) is 11.7 Å². The summed E-state index contributed by atoms with van der Waals surface area (Å²) in [6.45, 7) is 4.51. The topological polar surface area (TPSA) is 38.9 Å². The number of rotatable bonds is 4. The van der Waals surface area contributed by atoms with E-state index >= 15 is 0 Å². The van der Waals surface area contributed by atoms with Crippen molar-refractivity contribution in [2.75, 3.05) is 0 Å². The predicted octanol–water partition coefficient (Wildman–Crippen LogP) is 3.71. The summed E-state index contributed by atoms with van der Waals surface area (Å²) in [5.41, 5.74) is 0. The molecule has 1 saturated carbocycles. The first-order valence-corrected chi connectivity index (χ1v) is 6.62. The van der Waals surface area contributed by atoms with Crippen LogP contribution in [0, 0.1) is 5.92 Å². The van der Waals surface area contributed by atoms with Gasteiger partial charge in [0.2, 0.25) is 5.89 Å². The van der Waals surface area contributed by atoms with Crippen molar-refractivity contribution < 1.29 is 4.52 Å². The Kier molecular flexibility index (Phi) is 3.97. The first-order valence-electron chi connectivity index (χ1n) is 6.62. The fraction of sp³-hybridized carbons (Fsp3) is 0.846. The summed E-state index contributed by atoms with van der Waals surface area (Å²) >= 11 is 0. The Morgan fingerprint density at radius 3 is 2.69 bits per heavy atom. The molecule has 1 heterocycles.